The molecule has 0 aliphatic carbocycles. The Morgan fingerprint density at radius 3 is 0.897 bits per heavy atom. The highest BCUT2D eigenvalue weighted by Crippen LogP contribution is 2.18. The summed E-state index contributed by atoms with van der Waals surface area (Å²) in [6.07, 6.45) is 65.4. The van der Waals surface area contributed by atoms with Gasteiger partial charge in [0.15, 0.2) is 0 Å². The van der Waals surface area contributed by atoms with Crippen molar-refractivity contribution >= 4 is 5.91 Å². The Balaban J connectivity index is 3.32. The van der Waals surface area contributed by atoms with Crippen molar-refractivity contribution in [1.29, 1.82) is 0 Å². The average Bonchev–Trinajstić information content (AvgIpc) is 3.23. The van der Waals surface area contributed by atoms with E-state index < -0.39 is 12.1 Å². The average molecular weight is 818 g/mol. The van der Waals surface area contributed by atoms with Gasteiger partial charge >= 0.3 is 0 Å². The number of rotatable bonds is 50. The summed E-state index contributed by atoms with van der Waals surface area (Å²) in [7, 11) is 0. The van der Waals surface area contributed by atoms with Crippen molar-refractivity contribution in [3.05, 3.63) is 12.2 Å². The van der Waals surface area contributed by atoms with Crippen LogP contribution in [0.3, 0.4) is 0 Å². The molecule has 3 N–H and O–H groups in total. The zero-order chi connectivity index (χ0) is 42.1. The fraction of sp³-hybridized carbons (Fsp3) is 0.944. The molecule has 0 heterocycles. The van der Waals surface area contributed by atoms with Crippen LogP contribution in [0.4, 0.5) is 0 Å². The van der Waals surface area contributed by atoms with Crippen molar-refractivity contribution in [1.82, 2.24) is 5.32 Å². The molecule has 346 valence electrons. The minimum atomic E-state index is -0.833. The third-order valence-corrected chi connectivity index (χ3v) is 12.8. The normalized spacial score (nSPS) is 12.8. The number of nitrogens with one attached hydrogen (secondary N) is 1. The van der Waals surface area contributed by atoms with E-state index >= 15 is 0 Å². The van der Waals surface area contributed by atoms with E-state index in [9.17, 15) is 15.0 Å². The molecular weight excluding hydrogens is 711 g/mol. The van der Waals surface area contributed by atoms with Gasteiger partial charge in [-0.05, 0) is 19.3 Å². The maximum atomic E-state index is 12.4. The predicted octanol–water partition coefficient (Wildman–Crippen LogP) is 17.4. The van der Waals surface area contributed by atoms with Gasteiger partial charge in [-0.25, -0.2) is 0 Å². The van der Waals surface area contributed by atoms with Gasteiger partial charge in [0.05, 0.1) is 18.8 Å². The van der Waals surface area contributed by atoms with Gasteiger partial charge in [-0.15, -0.1) is 0 Å². The monoisotopic (exact) mass is 818 g/mol. The molecule has 0 aromatic rings. The Labute approximate surface area is 365 Å². The second kappa shape index (κ2) is 50.5. The minimum Gasteiger partial charge on any atom is -0.394 e. The molecular formula is C54H107NO3. The van der Waals surface area contributed by atoms with E-state index in [0.29, 0.717) is 6.42 Å². The standard InChI is InChI=1S/C54H107NO3/c1-3-5-7-9-11-13-15-16-17-18-19-20-21-22-23-24-25-26-27-28-29-30-31-32-33-34-35-36-37-38-39-40-42-44-46-48-50-54(58)55-52(51-56)53(57)49-47-45-43-41-14-12-10-8-6-4-2/h47,49,52-53,56-57H,3-46,48,50-51H2,1-2H3,(H,55,58)/b49-47+. The predicted molar refractivity (Wildman–Crippen MR) is 258 cm³/mol. The van der Waals surface area contributed by atoms with Crippen LogP contribution in [0, 0.1) is 0 Å². The lowest BCUT2D eigenvalue weighted by Gasteiger charge is -2.20. The molecule has 4 nitrogen and oxygen atoms in total. The number of unbranched alkanes of at least 4 members (excludes halogenated alkanes) is 43. The quantitative estimate of drug-likeness (QED) is 0.0423. The molecule has 0 rings (SSSR count). The van der Waals surface area contributed by atoms with Crippen molar-refractivity contribution < 1.29 is 15.0 Å². The molecule has 0 aliphatic rings. The van der Waals surface area contributed by atoms with Crippen LogP contribution >= 0.6 is 0 Å². The highest BCUT2D eigenvalue weighted by Gasteiger charge is 2.18. The number of allylic oxidation sites excluding steroid dienone is 1. The van der Waals surface area contributed by atoms with Gasteiger partial charge < -0.3 is 15.5 Å². The second-order valence-corrected chi connectivity index (χ2v) is 18.7. The van der Waals surface area contributed by atoms with Crippen LogP contribution in [0.15, 0.2) is 12.2 Å². The molecule has 0 bridgehead atoms. The summed E-state index contributed by atoms with van der Waals surface area (Å²) in [6.45, 7) is 4.31. The minimum absolute atomic E-state index is 0.0595. The Hall–Kier alpha value is -0.870. The zero-order valence-electron chi connectivity index (χ0n) is 39.8. The molecule has 0 aliphatic heterocycles. The SMILES string of the molecule is CCCCCCCCCC/C=C/C(O)C(CO)NC(=O)CCCCCCCCCCCCCCCCCCCCCCCCCCCCCCCCCCCCCC. The number of amides is 1. The summed E-state index contributed by atoms with van der Waals surface area (Å²) in [6, 6.07) is -0.616. The van der Waals surface area contributed by atoms with E-state index in [0.717, 1.165) is 25.7 Å². The van der Waals surface area contributed by atoms with E-state index in [1.807, 2.05) is 6.08 Å². The molecule has 0 saturated carbocycles. The lowest BCUT2D eigenvalue weighted by atomic mass is 10.0. The Kier molecular flexibility index (Phi) is 49.7. The number of hydrogen-bond acceptors (Lipinski definition) is 3. The number of hydrogen-bond donors (Lipinski definition) is 3. The van der Waals surface area contributed by atoms with E-state index in [-0.39, 0.29) is 12.5 Å². The van der Waals surface area contributed by atoms with Gasteiger partial charge in [0.2, 0.25) is 5.91 Å². The molecule has 0 aromatic heterocycles. The molecule has 0 saturated heterocycles. The van der Waals surface area contributed by atoms with Crippen LogP contribution in [-0.2, 0) is 4.79 Å². The first-order valence-corrected chi connectivity index (χ1v) is 26.9. The molecule has 0 aromatic carbocycles. The third-order valence-electron chi connectivity index (χ3n) is 12.8. The molecule has 2 unspecified atom stereocenters. The Morgan fingerprint density at radius 2 is 0.638 bits per heavy atom. The molecule has 4 heteroatoms. The van der Waals surface area contributed by atoms with Crippen molar-refractivity contribution in [2.75, 3.05) is 6.61 Å². The topological polar surface area (TPSA) is 69.6 Å². The van der Waals surface area contributed by atoms with Crippen LogP contribution in [0.1, 0.15) is 309 Å². The lowest BCUT2D eigenvalue weighted by Crippen LogP contribution is -2.45. The summed E-state index contributed by atoms with van der Waals surface area (Å²) in [5.41, 5.74) is 0. The number of carbonyl (C=O) groups is 1. The number of aliphatic hydroxyl groups is 2. The fourth-order valence-electron chi connectivity index (χ4n) is 8.65. The van der Waals surface area contributed by atoms with Crippen molar-refractivity contribution in [2.24, 2.45) is 0 Å². The van der Waals surface area contributed by atoms with E-state index in [2.05, 4.69) is 19.2 Å². The number of aliphatic hydroxyl groups excluding tert-OH is 2. The maximum absolute atomic E-state index is 12.4. The Bertz CT molecular complexity index is 799. The molecule has 2 atom stereocenters. The third kappa shape index (κ3) is 46.2. The maximum Gasteiger partial charge on any atom is 0.220 e. The van der Waals surface area contributed by atoms with E-state index in [1.165, 1.54) is 263 Å². The first kappa shape index (κ1) is 57.1. The van der Waals surface area contributed by atoms with Crippen molar-refractivity contribution in [2.45, 2.75) is 321 Å². The van der Waals surface area contributed by atoms with Gasteiger partial charge in [-0.1, -0.05) is 296 Å². The van der Waals surface area contributed by atoms with Crippen molar-refractivity contribution in [3.63, 3.8) is 0 Å². The Morgan fingerprint density at radius 1 is 0.397 bits per heavy atom. The van der Waals surface area contributed by atoms with Gasteiger partial charge in [-0.3, -0.25) is 4.79 Å². The van der Waals surface area contributed by atoms with Crippen LogP contribution in [0.5, 0.6) is 0 Å². The van der Waals surface area contributed by atoms with Crippen LogP contribution < -0.4 is 5.32 Å². The summed E-state index contributed by atoms with van der Waals surface area (Å²) in [5, 5.41) is 23.0. The van der Waals surface area contributed by atoms with E-state index in [4.69, 9.17) is 0 Å². The van der Waals surface area contributed by atoms with Gasteiger partial charge in [0, 0.05) is 6.42 Å². The molecule has 58 heavy (non-hydrogen) atoms. The first-order chi connectivity index (χ1) is 28.7. The number of carbonyl (C=O) groups excluding carboxylic acids is 1. The summed E-state index contributed by atoms with van der Waals surface area (Å²) in [5.74, 6) is -0.0595. The van der Waals surface area contributed by atoms with Crippen molar-refractivity contribution in [3.8, 4) is 0 Å². The first-order valence-electron chi connectivity index (χ1n) is 26.9. The van der Waals surface area contributed by atoms with Gasteiger partial charge in [0.25, 0.3) is 0 Å². The summed E-state index contributed by atoms with van der Waals surface area (Å²) >= 11 is 0. The lowest BCUT2D eigenvalue weighted by molar-refractivity contribution is -0.123. The second-order valence-electron chi connectivity index (χ2n) is 18.7. The highest BCUT2D eigenvalue weighted by atomic mass is 16.3. The van der Waals surface area contributed by atoms with Crippen LogP contribution in [-0.4, -0.2) is 34.9 Å². The van der Waals surface area contributed by atoms with Gasteiger partial charge in [-0.2, -0.15) is 0 Å². The molecule has 0 spiro atoms. The molecule has 0 fully saturated rings. The van der Waals surface area contributed by atoms with Gasteiger partial charge in [0.1, 0.15) is 0 Å². The van der Waals surface area contributed by atoms with Crippen LogP contribution in [0.25, 0.3) is 0 Å². The van der Waals surface area contributed by atoms with E-state index in [1.54, 1.807) is 6.08 Å². The summed E-state index contributed by atoms with van der Waals surface area (Å²) < 4.78 is 0. The highest BCUT2D eigenvalue weighted by molar-refractivity contribution is 5.76. The largest absolute Gasteiger partial charge is 0.394 e. The smallest absolute Gasteiger partial charge is 0.220 e. The zero-order valence-corrected chi connectivity index (χ0v) is 39.8. The van der Waals surface area contributed by atoms with Crippen LogP contribution in [0.2, 0.25) is 0 Å². The molecule has 1 amide bonds. The summed E-state index contributed by atoms with van der Waals surface area (Å²) in [4.78, 5) is 12.4. The fourth-order valence-corrected chi connectivity index (χ4v) is 8.65. The molecule has 0 radical (unpaired) electrons.